The Bertz CT molecular complexity index is 622. The maximum absolute atomic E-state index is 12.2. The fourth-order valence-corrected chi connectivity index (χ4v) is 6.00. The Balaban J connectivity index is 3.50. The molecule has 0 fully saturated rings. The number of carbonyl (C=O) groups excluding carboxylic acids is 2. The van der Waals surface area contributed by atoms with Crippen LogP contribution in [0.15, 0.2) is 0 Å². The molecule has 0 amide bonds. The highest BCUT2D eigenvalue weighted by Crippen LogP contribution is 2.17. The van der Waals surface area contributed by atoms with E-state index in [1.807, 2.05) is 0 Å². The van der Waals surface area contributed by atoms with Crippen LogP contribution in [0.3, 0.4) is 0 Å². The van der Waals surface area contributed by atoms with Gasteiger partial charge in [-0.05, 0) is 18.8 Å². The van der Waals surface area contributed by atoms with Gasteiger partial charge in [0.15, 0.2) is 6.10 Å². The van der Waals surface area contributed by atoms with Crippen LogP contribution >= 0.6 is 0 Å². The first kappa shape index (κ1) is 43.9. The zero-order chi connectivity index (χ0) is 33.1. The summed E-state index contributed by atoms with van der Waals surface area (Å²) in [6.45, 7) is 6.55. The number of hydrogen-bond donors (Lipinski definition) is 1. The quantitative estimate of drug-likeness (QED) is 0.0546. The average molecular weight is 639 g/mol. The van der Waals surface area contributed by atoms with Crippen LogP contribution in [0, 0.1) is 5.92 Å². The highest BCUT2D eigenvalue weighted by atomic mass is 16.6. The molecule has 0 spiro atoms. The molecule has 0 bridgehead atoms. The summed E-state index contributed by atoms with van der Waals surface area (Å²) >= 11 is 0. The van der Waals surface area contributed by atoms with E-state index in [1.54, 1.807) is 0 Å². The monoisotopic (exact) mass is 639 g/mol. The van der Waals surface area contributed by atoms with Crippen molar-refractivity contribution in [2.24, 2.45) is 5.92 Å². The summed E-state index contributed by atoms with van der Waals surface area (Å²) in [5, 5.41) is 9.55. The molecule has 0 aliphatic rings. The van der Waals surface area contributed by atoms with Crippen molar-refractivity contribution in [3.8, 4) is 0 Å². The first-order chi connectivity index (χ1) is 22.0. The first-order valence-electron chi connectivity index (χ1n) is 20.0. The Hall–Kier alpha value is -1.10. The van der Waals surface area contributed by atoms with Gasteiger partial charge in [0.05, 0.1) is 6.61 Å². The second-order valence-corrected chi connectivity index (χ2v) is 14.0. The number of aliphatic hydroxyl groups is 1. The molecule has 0 saturated carbocycles. The maximum Gasteiger partial charge on any atom is 0.306 e. The Morgan fingerprint density at radius 3 is 1.24 bits per heavy atom. The summed E-state index contributed by atoms with van der Waals surface area (Å²) in [5.74, 6) is 0.325. The molecule has 1 N–H and O–H groups in total. The third-order valence-electron chi connectivity index (χ3n) is 9.44. The number of unbranched alkanes of at least 4 members (excludes halogenated alkanes) is 25. The molecule has 1 unspecified atom stereocenters. The number of rotatable bonds is 36. The zero-order valence-corrected chi connectivity index (χ0v) is 30.6. The van der Waals surface area contributed by atoms with Gasteiger partial charge in [0, 0.05) is 12.8 Å². The average Bonchev–Trinajstić information content (AvgIpc) is 3.04. The van der Waals surface area contributed by atoms with Crippen LogP contribution in [-0.4, -0.2) is 36.4 Å². The number of hydrogen-bond acceptors (Lipinski definition) is 5. The lowest BCUT2D eigenvalue weighted by Gasteiger charge is -2.15. The normalized spacial score (nSPS) is 12.7. The van der Waals surface area contributed by atoms with Crippen LogP contribution in [-0.2, 0) is 19.1 Å². The lowest BCUT2D eigenvalue weighted by atomic mass is 9.99. The van der Waals surface area contributed by atoms with Gasteiger partial charge in [0.2, 0.25) is 0 Å². The van der Waals surface area contributed by atoms with E-state index in [2.05, 4.69) is 20.8 Å². The molecule has 5 heteroatoms. The molecule has 0 aromatic carbocycles. The number of esters is 2. The summed E-state index contributed by atoms with van der Waals surface area (Å²) < 4.78 is 10.6. The lowest BCUT2D eigenvalue weighted by molar-refractivity contribution is -0.161. The van der Waals surface area contributed by atoms with Crippen LogP contribution in [0.5, 0.6) is 0 Å². The van der Waals surface area contributed by atoms with E-state index in [4.69, 9.17) is 9.47 Å². The molecular weight excluding hydrogens is 560 g/mol. The molecule has 0 aromatic heterocycles. The molecule has 0 heterocycles. The molecule has 0 aliphatic carbocycles. The van der Waals surface area contributed by atoms with Gasteiger partial charge in [-0.3, -0.25) is 9.59 Å². The van der Waals surface area contributed by atoms with Gasteiger partial charge in [-0.15, -0.1) is 0 Å². The van der Waals surface area contributed by atoms with E-state index < -0.39 is 6.10 Å². The molecule has 0 saturated heterocycles. The van der Waals surface area contributed by atoms with Crippen LogP contribution in [0.4, 0.5) is 0 Å². The molecule has 0 radical (unpaired) electrons. The van der Waals surface area contributed by atoms with Crippen LogP contribution < -0.4 is 0 Å². The van der Waals surface area contributed by atoms with Crippen molar-refractivity contribution in [1.82, 2.24) is 0 Å². The van der Waals surface area contributed by atoms with E-state index >= 15 is 0 Å². The van der Waals surface area contributed by atoms with Crippen molar-refractivity contribution >= 4 is 11.9 Å². The molecule has 0 aromatic rings. The van der Waals surface area contributed by atoms with Gasteiger partial charge < -0.3 is 14.6 Å². The standard InChI is InChI=1S/C40H78O5/c1-4-6-7-8-9-10-11-14-18-21-24-27-30-33-39(42)44-36-38(35-41)45-40(43)34-31-28-25-22-19-16-13-12-15-17-20-23-26-29-32-37(3)5-2/h37-38,41H,4-36H2,1-3H3/t37?,38-/m0/s1. The summed E-state index contributed by atoms with van der Waals surface area (Å²) in [6.07, 6.45) is 37.2. The summed E-state index contributed by atoms with van der Waals surface area (Å²) in [7, 11) is 0. The minimum atomic E-state index is -0.761. The molecular formula is C40H78O5. The van der Waals surface area contributed by atoms with E-state index in [0.717, 1.165) is 38.0 Å². The van der Waals surface area contributed by atoms with Crippen molar-refractivity contribution in [2.45, 2.75) is 226 Å². The lowest BCUT2D eigenvalue weighted by Crippen LogP contribution is -2.28. The van der Waals surface area contributed by atoms with Crippen molar-refractivity contribution in [3.63, 3.8) is 0 Å². The highest BCUT2D eigenvalue weighted by molar-refractivity contribution is 5.70. The fourth-order valence-electron chi connectivity index (χ4n) is 6.00. The summed E-state index contributed by atoms with van der Waals surface area (Å²) in [6, 6.07) is 0. The predicted octanol–water partition coefficient (Wildman–Crippen LogP) is 12.2. The Labute approximate surface area is 280 Å². The van der Waals surface area contributed by atoms with Crippen molar-refractivity contribution in [3.05, 3.63) is 0 Å². The van der Waals surface area contributed by atoms with E-state index in [0.29, 0.717) is 12.8 Å². The summed E-state index contributed by atoms with van der Waals surface area (Å²) in [5.41, 5.74) is 0. The Morgan fingerprint density at radius 2 is 0.867 bits per heavy atom. The fraction of sp³-hybridized carbons (Fsp3) is 0.950. The highest BCUT2D eigenvalue weighted by Gasteiger charge is 2.16. The molecule has 268 valence electrons. The summed E-state index contributed by atoms with van der Waals surface area (Å²) in [4.78, 5) is 24.2. The van der Waals surface area contributed by atoms with Gasteiger partial charge in [0.1, 0.15) is 6.61 Å². The minimum Gasteiger partial charge on any atom is -0.462 e. The Morgan fingerprint density at radius 1 is 0.511 bits per heavy atom. The molecule has 0 aliphatic heterocycles. The Kier molecular flexibility index (Phi) is 34.9. The maximum atomic E-state index is 12.2. The van der Waals surface area contributed by atoms with E-state index in [9.17, 15) is 14.7 Å². The smallest absolute Gasteiger partial charge is 0.306 e. The van der Waals surface area contributed by atoms with Gasteiger partial charge >= 0.3 is 11.9 Å². The second-order valence-electron chi connectivity index (χ2n) is 14.0. The molecule has 45 heavy (non-hydrogen) atoms. The van der Waals surface area contributed by atoms with Crippen molar-refractivity contribution in [1.29, 1.82) is 0 Å². The number of ether oxygens (including phenoxy) is 2. The van der Waals surface area contributed by atoms with Gasteiger partial charge in [-0.1, -0.05) is 194 Å². The van der Waals surface area contributed by atoms with Crippen molar-refractivity contribution in [2.75, 3.05) is 13.2 Å². The molecule has 5 nitrogen and oxygen atoms in total. The third-order valence-corrected chi connectivity index (χ3v) is 9.44. The third kappa shape index (κ3) is 34.1. The van der Waals surface area contributed by atoms with Gasteiger partial charge in [-0.2, -0.15) is 0 Å². The SMILES string of the molecule is CCCCCCCCCCCCCCCC(=O)OC[C@H](CO)OC(=O)CCCCCCCCCCCCCCCCC(C)CC. The minimum absolute atomic E-state index is 0.0576. The van der Waals surface area contributed by atoms with Crippen molar-refractivity contribution < 1.29 is 24.2 Å². The van der Waals surface area contributed by atoms with Gasteiger partial charge in [-0.25, -0.2) is 0 Å². The predicted molar refractivity (Wildman–Crippen MR) is 192 cm³/mol. The number of carbonyl (C=O) groups is 2. The largest absolute Gasteiger partial charge is 0.462 e. The zero-order valence-electron chi connectivity index (χ0n) is 30.6. The van der Waals surface area contributed by atoms with E-state index in [-0.39, 0.29) is 25.2 Å². The van der Waals surface area contributed by atoms with Crippen LogP contribution in [0.25, 0.3) is 0 Å². The van der Waals surface area contributed by atoms with E-state index in [1.165, 1.54) is 154 Å². The van der Waals surface area contributed by atoms with Crippen LogP contribution in [0.1, 0.15) is 220 Å². The molecule has 2 atom stereocenters. The topological polar surface area (TPSA) is 72.8 Å². The van der Waals surface area contributed by atoms with Gasteiger partial charge in [0.25, 0.3) is 0 Å². The first-order valence-corrected chi connectivity index (χ1v) is 20.0. The second kappa shape index (κ2) is 35.7. The molecule has 0 rings (SSSR count). The number of aliphatic hydroxyl groups excluding tert-OH is 1. The van der Waals surface area contributed by atoms with Crippen LogP contribution in [0.2, 0.25) is 0 Å².